The third-order valence-electron chi connectivity index (χ3n) is 3.83. The molecule has 2 saturated carbocycles. The van der Waals surface area contributed by atoms with E-state index in [9.17, 15) is 4.79 Å². The van der Waals surface area contributed by atoms with Gasteiger partial charge in [-0.15, -0.1) is 0 Å². The van der Waals surface area contributed by atoms with Crippen LogP contribution in [0.1, 0.15) is 30.7 Å². The quantitative estimate of drug-likeness (QED) is 0.659. The van der Waals surface area contributed by atoms with Crippen LogP contribution in [0.2, 0.25) is 0 Å². The van der Waals surface area contributed by atoms with Crippen molar-refractivity contribution in [2.75, 3.05) is 0 Å². The van der Waals surface area contributed by atoms with Crippen LogP contribution < -0.4 is 0 Å². The van der Waals surface area contributed by atoms with Gasteiger partial charge in [0.15, 0.2) is 0 Å². The molecule has 0 radical (unpaired) electrons. The summed E-state index contributed by atoms with van der Waals surface area (Å²) in [7, 11) is 0. The van der Waals surface area contributed by atoms with Crippen LogP contribution in [0.4, 0.5) is 0 Å². The molecule has 0 aliphatic heterocycles. The zero-order valence-corrected chi connectivity index (χ0v) is 8.15. The Morgan fingerprint density at radius 3 is 2.64 bits per heavy atom. The van der Waals surface area contributed by atoms with Gasteiger partial charge in [-0.05, 0) is 24.3 Å². The van der Waals surface area contributed by atoms with Gasteiger partial charge in [-0.3, -0.25) is 4.79 Å². The van der Waals surface area contributed by atoms with Gasteiger partial charge in [0.1, 0.15) is 5.78 Å². The Morgan fingerprint density at radius 2 is 1.86 bits per heavy atom. The van der Waals surface area contributed by atoms with Crippen molar-refractivity contribution in [3.8, 4) is 0 Å². The van der Waals surface area contributed by atoms with Gasteiger partial charge in [0, 0.05) is 11.8 Å². The summed E-state index contributed by atoms with van der Waals surface area (Å²) in [5.41, 5.74) is 1.24. The van der Waals surface area contributed by atoms with Crippen molar-refractivity contribution >= 4 is 5.78 Å². The highest BCUT2D eigenvalue weighted by Crippen LogP contribution is 2.52. The largest absolute Gasteiger partial charge is 0.299 e. The minimum Gasteiger partial charge on any atom is -0.299 e. The molecule has 0 saturated heterocycles. The van der Waals surface area contributed by atoms with Gasteiger partial charge in [0.05, 0.1) is 0 Å². The second-order valence-corrected chi connectivity index (χ2v) is 4.49. The molecule has 3 atom stereocenters. The first kappa shape index (κ1) is 8.22. The van der Waals surface area contributed by atoms with Gasteiger partial charge in [-0.2, -0.15) is 0 Å². The molecule has 1 aromatic rings. The predicted octanol–water partition coefficient (Wildman–Crippen LogP) is 2.77. The normalized spacial score (nSPS) is 35.1. The van der Waals surface area contributed by atoms with Crippen LogP contribution in [0.25, 0.3) is 0 Å². The van der Waals surface area contributed by atoms with Gasteiger partial charge in [-0.25, -0.2) is 0 Å². The van der Waals surface area contributed by atoms with Crippen LogP contribution in [0, 0.1) is 11.8 Å². The topological polar surface area (TPSA) is 17.1 Å². The first-order chi connectivity index (χ1) is 6.88. The van der Waals surface area contributed by atoms with E-state index in [0.717, 1.165) is 6.42 Å². The van der Waals surface area contributed by atoms with Crippen LogP contribution in [0.3, 0.4) is 0 Å². The number of Topliss-reactive ketones (excluding diaryl/α,β-unsaturated/α-hetero) is 1. The number of carbonyl (C=O) groups excluding carboxylic acids is 1. The molecule has 72 valence electrons. The maximum Gasteiger partial charge on any atom is 0.144 e. The second kappa shape index (κ2) is 2.94. The number of hydrogen-bond acceptors (Lipinski definition) is 1. The molecule has 0 spiro atoms. The van der Waals surface area contributed by atoms with Crippen molar-refractivity contribution in [3.05, 3.63) is 35.9 Å². The van der Waals surface area contributed by atoms with Gasteiger partial charge in [0.2, 0.25) is 0 Å². The minimum atomic E-state index is 0.240. The molecule has 0 amide bonds. The fraction of sp³-hybridized carbons (Fsp3) is 0.462. The zero-order valence-electron chi connectivity index (χ0n) is 8.15. The lowest BCUT2D eigenvalue weighted by molar-refractivity contribution is -0.135. The highest BCUT2D eigenvalue weighted by Gasteiger charge is 2.51. The summed E-state index contributed by atoms with van der Waals surface area (Å²) in [6, 6.07) is 10.3. The summed E-state index contributed by atoms with van der Waals surface area (Å²) < 4.78 is 0. The second-order valence-electron chi connectivity index (χ2n) is 4.49. The smallest absolute Gasteiger partial charge is 0.144 e. The molecule has 3 rings (SSSR count). The lowest BCUT2D eigenvalue weighted by Gasteiger charge is -2.38. The molecule has 0 aromatic heterocycles. The highest BCUT2D eigenvalue weighted by molar-refractivity contribution is 5.95. The summed E-state index contributed by atoms with van der Waals surface area (Å²) in [4.78, 5) is 11.8. The molecular formula is C13H14O. The predicted molar refractivity (Wildman–Crippen MR) is 55.0 cm³/mol. The average molecular weight is 186 g/mol. The van der Waals surface area contributed by atoms with Gasteiger partial charge >= 0.3 is 0 Å². The SMILES string of the molecule is O=C1C(c2ccccc2)[C@@H]2CCC[C@H]12. The van der Waals surface area contributed by atoms with Crippen molar-refractivity contribution < 1.29 is 4.79 Å². The maximum atomic E-state index is 11.8. The Morgan fingerprint density at radius 1 is 1.07 bits per heavy atom. The van der Waals surface area contributed by atoms with Crippen molar-refractivity contribution in [3.63, 3.8) is 0 Å². The van der Waals surface area contributed by atoms with Gasteiger partial charge in [-0.1, -0.05) is 36.8 Å². The van der Waals surface area contributed by atoms with Crippen molar-refractivity contribution in [2.45, 2.75) is 25.2 Å². The number of carbonyl (C=O) groups is 1. The number of rotatable bonds is 1. The van der Waals surface area contributed by atoms with E-state index in [4.69, 9.17) is 0 Å². The molecule has 1 unspecified atom stereocenters. The Labute approximate surface area is 84.1 Å². The minimum absolute atomic E-state index is 0.240. The molecule has 0 bridgehead atoms. The first-order valence-electron chi connectivity index (χ1n) is 5.46. The average Bonchev–Trinajstić information content (AvgIpc) is 2.63. The number of ketones is 1. The summed E-state index contributed by atoms with van der Waals surface area (Å²) in [6.45, 7) is 0. The molecule has 0 heterocycles. The van der Waals surface area contributed by atoms with Crippen LogP contribution in [0.15, 0.2) is 30.3 Å². The highest BCUT2D eigenvalue weighted by atomic mass is 16.1. The van der Waals surface area contributed by atoms with E-state index in [1.54, 1.807) is 0 Å². The molecule has 2 fully saturated rings. The zero-order chi connectivity index (χ0) is 9.54. The van der Waals surface area contributed by atoms with Crippen LogP contribution in [-0.4, -0.2) is 5.78 Å². The van der Waals surface area contributed by atoms with Crippen LogP contribution in [0.5, 0.6) is 0 Å². The first-order valence-corrected chi connectivity index (χ1v) is 5.46. The number of hydrogen-bond donors (Lipinski definition) is 0. The van der Waals surface area contributed by atoms with E-state index in [1.807, 2.05) is 18.2 Å². The van der Waals surface area contributed by atoms with E-state index < -0.39 is 0 Å². The number of benzene rings is 1. The number of fused-ring (bicyclic) bond motifs is 1. The molecule has 1 aromatic carbocycles. The fourth-order valence-corrected chi connectivity index (χ4v) is 3.14. The van der Waals surface area contributed by atoms with Crippen molar-refractivity contribution in [1.82, 2.24) is 0 Å². The molecule has 14 heavy (non-hydrogen) atoms. The molecule has 0 N–H and O–H groups in total. The van der Waals surface area contributed by atoms with Crippen LogP contribution in [-0.2, 0) is 4.79 Å². The van der Waals surface area contributed by atoms with Gasteiger partial charge in [0.25, 0.3) is 0 Å². The Bertz CT molecular complexity index is 355. The van der Waals surface area contributed by atoms with Crippen molar-refractivity contribution in [2.24, 2.45) is 11.8 Å². The lowest BCUT2D eigenvalue weighted by Crippen LogP contribution is -2.42. The van der Waals surface area contributed by atoms with Crippen molar-refractivity contribution in [1.29, 1.82) is 0 Å². The third kappa shape index (κ3) is 0.985. The molecule has 2 aliphatic carbocycles. The molecular weight excluding hydrogens is 172 g/mol. The molecule has 1 heteroatoms. The maximum absolute atomic E-state index is 11.8. The Kier molecular flexibility index (Phi) is 1.73. The monoisotopic (exact) mass is 186 g/mol. The summed E-state index contributed by atoms with van der Waals surface area (Å²) in [6.07, 6.45) is 3.66. The van der Waals surface area contributed by atoms with E-state index in [-0.39, 0.29) is 5.92 Å². The van der Waals surface area contributed by atoms with E-state index in [0.29, 0.717) is 17.6 Å². The van der Waals surface area contributed by atoms with E-state index >= 15 is 0 Å². The lowest BCUT2D eigenvalue weighted by atomic mass is 9.63. The Hall–Kier alpha value is -1.11. The summed E-state index contributed by atoms with van der Waals surface area (Å²) in [5, 5.41) is 0. The van der Waals surface area contributed by atoms with Gasteiger partial charge < -0.3 is 0 Å². The van der Waals surface area contributed by atoms with Crippen LogP contribution >= 0.6 is 0 Å². The summed E-state index contributed by atoms with van der Waals surface area (Å²) >= 11 is 0. The fourth-order valence-electron chi connectivity index (χ4n) is 3.14. The third-order valence-corrected chi connectivity index (χ3v) is 3.83. The standard InChI is InChI=1S/C13H14O/c14-13-11-8-4-7-10(11)12(13)9-5-2-1-3-6-9/h1-3,5-6,10-12H,4,7-8H2/t10-,11+,12?/m1/s1. The molecule has 1 nitrogen and oxygen atoms in total. The molecule has 2 aliphatic rings. The Balaban J connectivity index is 1.90. The van der Waals surface area contributed by atoms with E-state index in [2.05, 4.69) is 12.1 Å². The summed E-state index contributed by atoms with van der Waals surface area (Å²) in [5.74, 6) is 1.83. The van der Waals surface area contributed by atoms with E-state index in [1.165, 1.54) is 18.4 Å².